The number of carbonyl (C=O) groups is 2. The topological polar surface area (TPSA) is 123 Å². The van der Waals surface area contributed by atoms with Crippen molar-refractivity contribution in [2.45, 2.75) is 6.42 Å². The number of aromatic nitrogens is 3. The number of benzene rings is 1. The molecule has 2 aliphatic heterocycles. The number of rotatable bonds is 7. The molecule has 0 aliphatic carbocycles. The van der Waals surface area contributed by atoms with Crippen LogP contribution in [0.4, 0.5) is 16.8 Å². The van der Waals surface area contributed by atoms with Crippen LogP contribution in [0.3, 0.4) is 0 Å². The summed E-state index contributed by atoms with van der Waals surface area (Å²) in [6.07, 6.45) is 2.42. The molecule has 0 saturated carbocycles. The largest absolute Gasteiger partial charge is 0.475 e. The third-order valence-corrected chi connectivity index (χ3v) is 6.31. The summed E-state index contributed by atoms with van der Waals surface area (Å²) in [5, 5.41) is 1.85. The Labute approximate surface area is 205 Å². The molecule has 182 valence electrons. The number of fused-ring (bicyclic) bond motifs is 1. The smallest absolute Gasteiger partial charge is 0.298 e. The molecule has 3 aromatic rings. The van der Waals surface area contributed by atoms with Crippen LogP contribution in [0.2, 0.25) is 0 Å². The molecule has 2 fully saturated rings. The van der Waals surface area contributed by atoms with E-state index in [1.807, 2.05) is 24.3 Å². The number of imide groups is 1. The maximum Gasteiger partial charge on any atom is 0.298 e. The van der Waals surface area contributed by atoms with Gasteiger partial charge in [-0.05, 0) is 36.4 Å². The molecule has 35 heavy (non-hydrogen) atoms. The standard InChI is InChI=1S/C23H24N6O5S/c1-32-11-12-33-19-14-15(13-18-20(30)27-23(31)35-18)24-21(26-19)28-7-4-8-29(10-9-28)22-25-16-5-2-3-6-17(16)34-22/h2-3,5-6,13-14H,4,7-12H2,1H3,(H,27,30,31). The average molecular weight is 497 g/mol. The van der Waals surface area contributed by atoms with E-state index in [1.54, 1.807) is 19.3 Å². The van der Waals surface area contributed by atoms with Crippen molar-refractivity contribution in [3.63, 3.8) is 0 Å². The van der Waals surface area contributed by atoms with Crippen molar-refractivity contribution >= 4 is 52.0 Å². The zero-order valence-electron chi connectivity index (χ0n) is 19.1. The fourth-order valence-electron chi connectivity index (χ4n) is 3.81. The lowest BCUT2D eigenvalue weighted by Crippen LogP contribution is -2.32. The van der Waals surface area contributed by atoms with Crippen LogP contribution in [0.15, 0.2) is 39.7 Å². The number of thioether (sulfide) groups is 1. The summed E-state index contributed by atoms with van der Waals surface area (Å²) in [5.41, 5.74) is 2.07. The van der Waals surface area contributed by atoms with Crippen LogP contribution in [0.25, 0.3) is 17.2 Å². The quantitative estimate of drug-likeness (QED) is 0.384. The number of amides is 2. The summed E-state index contributed by atoms with van der Waals surface area (Å²) in [7, 11) is 1.59. The second-order valence-electron chi connectivity index (χ2n) is 7.92. The third kappa shape index (κ3) is 5.38. The van der Waals surface area contributed by atoms with Crippen molar-refractivity contribution in [2.75, 3.05) is 56.3 Å². The van der Waals surface area contributed by atoms with E-state index in [1.165, 1.54) is 0 Å². The van der Waals surface area contributed by atoms with Gasteiger partial charge in [0, 0.05) is 39.4 Å². The first-order chi connectivity index (χ1) is 17.1. The van der Waals surface area contributed by atoms with Crippen molar-refractivity contribution in [3.8, 4) is 5.88 Å². The lowest BCUT2D eigenvalue weighted by atomic mass is 10.3. The number of oxazole rings is 1. The molecule has 2 aromatic heterocycles. The summed E-state index contributed by atoms with van der Waals surface area (Å²) in [4.78, 5) is 41.9. The number of para-hydroxylation sites is 2. The molecule has 0 atom stereocenters. The van der Waals surface area contributed by atoms with Gasteiger partial charge in [-0.1, -0.05) is 12.1 Å². The molecule has 0 radical (unpaired) electrons. The van der Waals surface area contributed by atoms with Gasteiger partial charge in [0.1, 0.15) is 12.1 Å². The van der Waals surface area contributed by atoms with Crippen molar-refractivity contribution in [1.82, 2.24) is 20.3 Å². The minimum atomic E-state index is -0.439. The highest BCUT2D eigenvalue weighted by molar-refractivity contribution is 8.18. The molecule has 1 N–H and O–H groups in total. The molecule has 5 rings (SSSR count). The SMILES string of the molecule is COCCOc1cc(C=C2SC(=O)NC2=O)nc(N2CCCN(c3nc4ccccc4o3)CC2)n1. The molecule has 1 aromatic carbocycles. The van der Waals surface area contributed by atoms with Crippen molar-refractivity contribution in [1.29, 1.82) is 0 Å². The molecule has 2 aliphatic rings. The van der Waals surface area contributed by atoms with Crippen LogP contribution in [-0.2, 0) is 9.53 Å². The highest BCUT2D eigenvalue weighted by Crippen LogP contribution is 2.27. The number of methoxy groups -OCH3 is 1. The van der Waals surface area contributed by atoms with E-state index in [2.05, 4.69) is 30.1 Å². The highest BCUT2D eigenvalue weighted by atomic mass is 32.2. The van der Waals surface area contributed by atoms with Gasteiger partial charge in [-0.3, -0.25) is 14.9 Å². The van der Waals surface area contributed by atoms with Crippen LogP contribution in [0.5, 0.6) is 5.88 Å². The normalized spacial score (nSPS) is 17.8. The van der Waals surface area contributed by atoms with E-state index in [0.717, 1.165) is 42.4 Å². The molecule has 0 bridgehead atoms. The van der Waals surface area contributed by atoms with E-state index in [4.69, 9.17) is 13.9 Å². The van der Waals surface area contributed by atoms with Gasteiger partial charge in [0.25, 0.3) is 17.2 Å². The maximum atomic E-state index is 12.0. The van der Waals surface area contributed by atoms with E-state index in [-0.39, 0.29) is 4.91 Å². The average Bonchev–Trinajstić information content (AvgIpc) is 3.31. The molecular weight excluding hydrogens is 472 g/mol. The predicted octanol–water partition coefficient (Wildman–Crippen LogP) is 2.68. The Bertz CT molecular complexity index is 1250. The van der Waals surface area contributed by atoms with Gasteiger partial charge in [0.2, 0.25) is 11.8 Å². The van der Waals surface area contributed by atoms with Crippen LogP contribution < -0.4 is 19.9 Å². The number of nitrogens with zero attached hydrogens (tertiary/aromatic N) is 5. The van der Waals surface area contributed by atoms with Crippen molar-refractivity contribution in [3.05, 3.63) is 40.9 Å². The number of anilines is 2. The summed E-state index contributed by atoms with van der Waals surface area (Å²) < 4.78 is 16.8. The Morgan fingerprint density at radius 3 is 2.71 bits per heavy atom. The first-order valence-corrected chi connectivity index (χ1v) is 12.0. The lowest BCUT2D eigenvalue weighted by molar-refractivity contribution is -0.115. The van der Waals surface area contributed by atoms with E-state index in [9.17, 15) is 9.59 Å². The van der Waals surface area contributed by atoms with Crippen LogP contribution in [-0.4, -0.2) is 72.6 Å². The zero-order chi connectivity index (χ0) is 24.2. The number of carbonyl (C=O) groups excluding carboxylic acids is 2. The van der Waals surface area contributed by atoms with Gasteiger partial charge in [0.05, 0.1) is 17.2 Å². The molecule has 11 nitrogen and oxygen atoms in total. The molecule has 0 unspecified atom stereocenters. The third-order valence-electron chi connectivity index (χ3n) is 5.50. The minimum Gasteiger partial charge on any atom is -0.475 e. The number of hydrogen-bond donors (Lipinski definition) is 1. The predicted molar refractivity (Wildman–Crippen MR) is 132 cm³/mol. The Hall–Kier alpha value is -3.64. The summed E-state index contributed by atoms with van der Waals surface area (Å²) >= 11 is 0.843. The fraction of sp³-hybridized carbons (Fsp3) is 0.348. The monoisotopic (exact) mass is 496 g/mol. The molecule has 0 spiro atoms. The number of nitrogens with one attached hydrogen (secondary N) is 1. The van der Waals surface area contributed by atoms with Gasteiger partial charge in [-0.15, -0.1) is 0 Å². The van der Waals surface area contributed by atoms with E-state index < -0.39 is 11.1 Å². The van der Waals surface area contributed by atoms with Gasteiger partial charge >= 0.3 is 0 Å². The number of hydrogen-bond acceptors (Lipinski definition) is 11. The maximum absolute atomic E-state index is 12.0. The Kier molecular flexibility index (Phi) is 6.82. The van der Waals surface area contributed by atoms with E-state index >= 15 is 0 Å². The van der Waals surface area contributed by atoms with Gasteiger partial charge in [-0.2, -0.15) is 9.97 Å². The van der Waals surface area contributed by atoms with Crippen LogP contribution in [0.1, 0.15) is 12.1 Å². The number of ether oxygens (including phenoxy) is 2. The zero-order valence-corrected chi connectivity index (χ0v) is 19.9. The molecular formula is C23H24N6O5S. The van der Waals surface area contributed by atoms with Crippen molar-refractivity contribution in [2.24, 2.45) is 0 Å². The van der Waals surface area contributed by atoms with Gasteiger partial charge < -0.3 is 23.7 Å². The second kappa shape index (κ2) is 10.3. The second-order valence-corrected chi connectivity index (χ2v) is 8.93. The first-order valence-electron chi connectivity index (χ1n) is 11.2. The molecule has 4 heterocycles. The summed E-state index contributed by atoms with van der Waals surface area (Å²) in [6, 6.07) is 9.95. The van der Waals surface area contributed by atoms with Crippen LogP contribution >= 0.6 is 11.8 Å². The van der Waals surface area contributed by atoms with Gasteiger partial charge in [-0.25, -0.2) is 4.98 Å². The Balaban J connectivity index is 1.37. The van der Waals surface area contributed by atoms with Gasteiger partial charge in [0.15, 0.2) is 5.58 Å². The van der Waals surface area contributed by atoms with Crippen molar-refractivity contribution < 1.29 is 23.5 Å². The first kappa shape index (κ1) is 23.1. The molecule has 2 saturated heterocycles. The Morgan fingerprint density at radius 2 is 1.91 bits per heavy atom. The van der Waals surface area contributed by atoms with E-state index in [0.29, 0.717) is 49.8 Å². The van der Waals surface area contributed by atoms with Crippen LogP contribution in [0, 0.1) is 0 Å². The lowest BCUT2D eigenvalue weighted by Gasteiger charge is -2.22. The molecule has 12 heteroatoms. The molecule has 2 amide bonds. The highest BCUT2D eigenvalue weighted by Gasteiger charge is 2.26. The fourth-order valence-corrected chi connectivity index (χ4v) is 4.48. The minimum absolute atomic E-state index is 0.278. The summed E-state index contributed by atoms with van der Waals surface area (Å²) in [5.74, 6) is 0.417. The Morgan fingerprint density at radius 1 is 1.09 bits per heavy atom. The summed E-state index contributed by atoms with van der Waals surface area (Å²) in [6.45, 7) is 3.55.